The molecule has 0 aliphatic carbocycles. The minimum Gasteiger partial charge on any atom is -0.326 e. The summed E-state index contributed by atoms with van der Waals surface area (Å²) in [7, 11) is -3.03. The molecule has 2 amide bonds. The summed E-state index contributed by atoms with van der Waals surface area (Å²) in [6.45, 7) is 1.38. The molecule has 2 aromatic carbocycles. The molecule has 0 saturated carbocycles. The van der Waals surface area contributed by atoms with Crippen LogP contribution < -0.4 is 5.32 Å². The molecule has 3 rings (SSSR count). The van der Waals surface area contributed by atoms with Crippen molar-refractivity contribution in [2.24, 2.45) is 4.36 Å². The molecule has 8 heteroatoms. The van der Waals surface area contributed by atoms with Crippen molar-refractivity contribution in [2.45, 2.75) is 11.8 Å². The zero-order valence-electron chi connectivity index (χ0n) is 16.8. The van der Waals surface area contributed by atoms with Crippen LogP contribution in [0, 0.1) is 11.8 Å². The Bertz CT molecular complexity index is 1330. The minimum absolute atomic E-state index is 0.190. The number of benzene rings is 2. The SMILES string of the molecule is CC(=O)Nc1cccc(S(C)(=O)=NC(=O)c2cncc(C#Cc3ccc(Br)cc3)c2)c1. The number of hydrogen-bond acceptors (Lipinski definition) is 4. The number of rotatable bonds is 3. The van der Waals surface area contributed by atoms with Gasteiger partial charge in [-0.25, -0.2) is 4.21 Å². The Morgan fingerprint density at radius 3 is 2.45 bits per heavy atom. The molecule has 0 bridgehead atoms. The Labute approximate surface area is 189 Å². The lowest BCUT2D eigenvalue weighted by atomic mass is 10.2. The number of carbonyl (C=O) groups is 2. The number of anilines is 1. The van der Waals surface area contributed by atoms with Gasteiger partial charge in [0, 0.05) is 51.8 Å². The molecule has 1 heterocycles. The number of carbonyl (C=O) groups excluding carboxylic acids is 2. The van der Waals surface area contributed by atoms with Crippen LogP contribution in [0.5, 0.6) is 0 Å². The number of pyridine rings is 1. The minimum atomic E-state index is -3.03. The Morgan fingerprint density at radius 1 is 1.03 bits per heavy atom. The van der Waals surface area contributed by atoms with Crippen molar-refractivity contribution < 1.29 is 13.8 Å². The Kier molecular flexibility index (Phi) is 7.00. The molecule has 1 atom stereocenters. The number of hydrogen-bond donors (Lipinski definition) is 1. The van der Waals surface area contributed by atoms with E-state index in [1.165, 1.54) is 19.4 Å². The number of amides is 2. The third-order valence-electron chi connectivity index (χ3n) is 4.03. The molecule has 1 unspecified atom stereocenters. The second-order valence-electron chi connectivity index (χ2n) is 6.63. The van der Waals surface area contributed by atoms with E-state index in [-0.39, 0.29) is 11.5 Å². The van der Waals surface area contributed by atoms with Gasteiger partial charge >= 0.3 is 0 Å². The fourth-order valence-electron chi connectivity index (χ4n) is 2.58. The largest absolute Gasteiger partial charge is 0.326 e. The fourth-order valence-corrected chi connectivity index (χ4v) is 4.05. The molecule has 6 nitrogen and oxygen atoms in total. The highest BCUT2D eigenvalue weighted by Crippen LogP contribution is 2.18. The van der Waals surface area contributed by atoms with Gasteiger partial charge in [-0.05, 0) is 48.5 Å². The lowest BCUT2D eigenvalue weighted by Gasteiger charge is -2.07. The van der Waals surface area contributed by atoms with Gasteiger partial charge in [0.05, 0.1) is 15.3 Å². The van der Waals surface area contributed by atoms with E-state index in [1.54, 1.807) is 36.5 Å². The normalized spacial score (nSPS) is 12.1. The topological polar surface area (TPSA) is 88.5 Å². The number of nitrogens with zero attached hydrogens (tertiary/aromatic N) is 2. The third-order valence-corrected chi connectivity index (χ3v) is 6.20. The number of nitrogens with one attached hydrogen (secondary N) is 1. The van der Waals surface area contributed by atoms with E-state index < -0.39 is 15.6 Å². The van der Waals surface area contributed by atoms with Gasteiger partial charge < -0.3 is 5.32 Å². The van der Waals surface area contributed by atoms with Crippen LogP contribution in [0.2, 0.25) is 0 Å². The standard InChI is InChI=1S/C23H18BrN3O3S/c1-16(28)26-21-4-3-5-22(13-21)31(2,30)27-23(29)19-12-18(14-25-15-19)7-6-17-8-10-20(24)11-9-17/h3-5,8-15H,1-2H3,(H,26,28). The first-order chi connectivity index (χ1) is 14.7. The second-order valence-corrected chi connectivity index (χ2v) is 9.80. The van der Waals surface area contributed by atoms with Gasteiger partial charge in [0.15, 0.2) is 0 Å². The van der Waals surface area contributed by atoms with Crippen LogP contribution in [0.3, 0.4) is 0 Å². The molecule has 3 aromatic rings. The van der Waals surface area contributed by atoms with Crippen LogP contribution in [0.25, 0.3) is 0 Å². The summed E-state index contributed by atoms with van der Waals surface area (Å²) in [5, 5.41) is 2.62. The van der Waals surface area contributed by atoms with Gasteiger partial charge in [-0.3, -0.25) is 14.6 Å². The Morgan fingerprint density at radius 2 is 1.74 bits per heavy atom. The van der Waals surface area contributed by atoms with E-state index in [2.05, 4.69) is 42.4 Å². The summed E-state index contributed by atoms with van der Waals surface area (Å²) in [5.74, 6) is 5.06. The summed E-state index contributed by atoms with van der Waals surface area (Å²) in [5.41, 5.74) is 2.03. The highest BCUT2D eigenvalue weighted by Gasteiger charge is 2.13. The average molecular weight is 496 g/mol. The van der Waals surface area contributed by atoms with Crippen LogP contribution in [-0.4, -0.2) is 27.3 Å². The van der Waals surface area contributed by atoms with Crippen LogP contribution >= 0.6 is 15.9 Å². The van der Waals surface area contributed by atoms with E-state index >= 15 is 0 Å². The van der Waals surface area contributed by atoms with E-state index in [9.17, 15) is 13.8 Å². The predicted molar refractivity (Wildman–Crippen MR) is 124 cm³/mol. The first-order valence-electron chi connectivity index (χ1n) is 9.10. The van der Waals surface area contributed by atoms with Crippen molar-refractivity contribution in [2.75, 3.05) is 11.6 Å². The number of halogens is 1. The molecule has 0 saturated heterocycles. The zero-order chi connectivity index (χ0) is 22.4. The summed E-state index contributed by atoms with van der Waals surface area (Å²) in [6.07, 6.45) is 4.28. The van der Waals surface area contributed by atoms with Crippen molar-refractivity contribution in [3.05, 3.63) is 88.2 Å². The van der Waals surface area contributed by atoms with E-state index in [1.807, 2.05) is 24.3 Å². The van der Waals surface area contributed by atoms with Gasteiger partial charge in [0.2, 0.25) is 5.91 Å². The smallest absolute Gasteiger partial charge is 0.286 e. The summed E-state index contributed by atoms with van der Waals surface area (Å²) in [4.78, 5) is 28.3. The van der Waals surface area contributed by atoms with E-state index in [0.29, 0.717) is 16.1 Å². The fraction of sp³-hybridized carbons (Fsp3) is 0.0870. The van der Waals surface area contributed by atoms with Crippen molar-refractivity contribution in [1.82, 2.24) is 4.98 Å². The molecule has 31 heavy (non-hydrogen) atoms. The van der Waals surface area contributed by atoms with Gasteiger partial charge in [-0.1, -0.05) is 33.8 Å². The molecular weight excluding hydrogens is 478 g/mol. The molecular formula is C23H18BrN3O3S. The highest BCUT2D eigenvalue weighted by atomic mass is 79.9. The van der Waals surface area contributed by atoms with E-state index in [0.717, 1.165) is 10.0 Å². The molecule has 1 aromatic heterocycles. The molecule has 0 aliphatic rings. The maximum absolute atomic E-state index is 13.1. The quantitative estimate of drug-likeness (QED) is 0.541. The van der Waals surface area contributed by atoms with Crippen LogP contribution in [0.1, 0.15) is 28.4 Å². The molecule has 1 N–H and O–H groups in total. The van der Waals surface area contributed by atoms with Crippen LogP contribution in [-0.2, 0) is 14.5 Å². The molecule has 156 valence electrons. The average Bonchev–Trinajstić information content (AvgIpc) is 2.73. The van der Waals surface area contributed by atoms with Gasteiger partial charge in [0.1, 0.15) is 0 Å². The molecule has 0 radical (unpaired) electrons. The monoisotopic (exact) mass is 495 g/mol. The van der Waals surface area contributed by atoms with Crippen molar-refractivity contribution in [1.29, 1.82) is 0 Å². The first kappa shape index (κ1) is 22.4. The Balaban J connectivity index is 1.87. The molecule has 0 spiro atoms. The lowest BCUT2D eigenvalue weighted by Crippen LogP contribution is -2.08. The Hall–Kier alpha value is -3.28. The summed E-state index contributed by atoms with van der Waals surface area (Å²) >= 11 is 3.37. The van der Waals surface area contributed by atoms with Gasteiger partial charge in [-0.2, -0.15) is 4.36 Å². The maximum atomic E-state index is 13.1. The van der Waals surface area contributed by atoms with Crippen LogP contribution in [0.4, 0.5) is 5.69 Å². The zero-order valence-corrected chi connectivity index (χ0v) is 19.2. The van der Waals surface area contributed by atoms with E-state index in [4.69, 9.17) is 0 Å². The third kappa shape index (κ3) is 6.35. The van der Waals surface area contributed by atoms with Crippen molar-refractivity contribution in [3.63, 3.8) is 0 Å². The maximum Gasteiger partial charge on any atom is 0.286 e. The highest BCUT2D eigenvalue weighted by molar-refractivity contribution is 9.10. The first-order valence-corrected chi connectivity index (χ1v) is 11.8. The van der Waals surface area contributed by atoms with Gasteiger partial charge in [-0.15, -0.1) is 0 Å². The lowest BCUT2D eigenvalue weighted by molar-refractivity contribution is -0.114. The number of aromatic nitrogens is 1. The second kappa shape index (κ2) is 9.69. The molecule has 0 fully saturated rings. The predicted octanol–water partition coefficient (Wildman–Crippen LogP) is 4.50. The summed E-state index contributed by atoms with van der Waals surface area (Å²) in [6, 6.07) is 15.5. The summed E-state index contributed by atoms with van der Waals surface area (Å²) < 4.78 is 18.0. The van der Waals surface area contributed by atoms with Gasteiger partial charge in [0.25, 0.3) is 5.91 Å². The van der Waals surface area contributed by atoms with Crippen molar-refractivity contribution in [3.8, 4) is 11.8 Å². The van der Waals surface area contributed by atoms with Crippen molar-refractivity contribution >= 4 is 43.2 Å². The van der Waals surface area contributed by atoms with Crippen LogP contribution in [0.15, 0.2) is 80.7 Å². The molecule has 0 aliphatic heterocycles.